The van der Waals surface area contributed by atoms with Crippen LogP contribution < -0.4 is 21.3 Å². The number of ether oxygens (including phenoxy) is 4. The zero-order valence-electron chi connectivity index (χ0n) is 29.7. The molecular weight excluding hydrogens is 646 g/mol. The minimum absolute atomic E-state index is 0.276. The summed E-state index contributed by atoms with van der Waals surface area (Å²) in [6.45, 7) is 13.2. The monoisotopic (exact) mass is 693 g/mol. The highest BCUT2D eigenvalue weighted by atomic mass is 16.6. The number of hydrogen-bond acceptors (Lipinski definition) is 10. The Morgan fingerprint density at radius 2 is 1.32 bits per heavy atom. The van der Waals surface area contributed by atoms with Crippen LogP contribution in [0.1, 0.15) is 79.0 Å². The lowest BCUT2D eigenvalue weighted by Gasteiger charge is -2.35. The Labute approximate surface area is 292 Å². The van der Waals surface area contributed by atoms with Gasteiger partial charge < -0.3 is 29.6 Å². The molecule has 1 aliphatic heterocycles. The molecule has 14 heteroatoms. The van der Waals surface area contributed by atoms with Gasteiger partial charge in [-0.05, 0) is 65.2 Å². The Morgan fingerprint density at radius 1 is 0.820 bits per heavy atom. The molecule has 0 radical (unpaired) electrons. The molecule has 270 valence electrons. The molecule has 0 aromatic heterocycles. The Hall–Kier alpha value is -5.40. The molecule has 0 unspecified atom stereocenters. The molecule has 2 aromatic carbocycles. The van der Waals surface area contributed by atoms with Gasteiger partial charge >= 0.3 is 18.2 Å². The van der Waals surface area contributed by atoms with Crippen LogP contribution >= 0.6 is 0 Å². The average Bonchev–Trinajstić information content (AvgIpc) is 3.01. The maximum atomic E-state index is 13.9. The fraction of sp³-hybridized carbons (Fsp3) is 0.444. The van der Waals surface area contributed by atoms with Gasteiger partial charge in [0.25, 0.3) is 5.91 Å². The SMILES string of the molecule is CCCNC(=O)[C@@H]1OC(C(=O)OC(c2ccccc2)c2ccccc2)=C[C@H](N=C(NC(=O)OC(C)(C)C)NC(=O)OC(C)(C)C)[C@H]1NC(C)=O. The van der Waals surface area contributed by atoms with E-state index in [0.29, 0.717) is 17.5 Å². The number of rotatable bonds is 9. The molecule has 3 rings (SSSR count). The van der Waals surface area contributed by atoms with Gasteiger partial charge in [-0.2, -0.15) is 0 Å². The molecule has 3 atom stereocenters. The molecule has 50 heavy (non-hydrogen) atoms. The third-order valence-corrected chi connectivity index (χ3v) is 6.60. The first-order chi connectivity index (χ1) is 23.5. The summed E-state index contributed by atoms with van der Waals surface area (Å²) in [7, 11) is 0. The zero-order valence-corrected chi connectivity index (χ0v) is 29.7. The van der Waals surface area contributed by atoms with Crippen LogP contribution in [0.2, 0.25) is 0 Å². The van der Waals surface area contributed by atoms with Crippen molar-refractivity contribution < 1.29 is 42.9 Å². The largest absolute Gasteiger partial charge is 0.471 e. The number of esters is 1. The van der Waals surface area contributed by atoms with Crippen LogP contribution in [-0.2, 0) is 33.3 Å². The van der Waals surface area contributed by atoms with Crippen molar-refractivity contribution in [1.29, 1.82) is 0 Å². The number of hydrogen-bond donors (Lipinski definition) is 4. The van der Waals surface area contributed by atoms with E-state index < -0.39 is 71.4 Å². The summed E-state index contributed by atoms with van der Waals surface area (Å²) >= 11 is 0. The lowest BCUT2D eigenvalue weighted by molar-refractivity contribution is -0.151. The summed E-state index contributed by atoms with van der Waals surface area (Å²) in [4.78, 5) is 70.0. The van der Waals surface area contributed by atoms with E-state index in [2.05, 4.69) is 26.3 Å². The summed E-state index contributed by atoms with van der Waals surface area (Å²) < 4.78 is 22.7. The lowest BCUT2D eigenvalue weighted by atomic mass is 9.97. The molecule has 0 saturated heterocycles. The van der Waals surface area contributed by atoms with Gasteiger partial charge in [0.05, 0.1) is 0 Å². The van der Waals surface area contributed by atoms with Crippen molar-refractivity contribution in [3.8, 4) is 0 Å². The van der Waals surface area contributed by atoms with E-state index >= 15 is 0 Å². The number of amides is 4. The molecule has 0 saturated carbocycles. The van der Waals surface area contributed by atoms with E-state index in [1.165, 1.54) is 13.0 Å². The van der Waals surface area contributed by atoms with Crippen molar-refractivity contribution >= 4 is 35.9 Å². The van der Waals surface area contributed by atoms with E-state index in [-0.39, 0.29) is 12.3 Å². The first-order valence-electron chi connectivity index (χ1n) is 16.3. The second-order valence-electron chi connectivity index (χ2n) is 13.4. The second kappa shape index (κ2) is 17.3. The number of carbonyl (C=O) groups is 5. The van der Waals surface area contributed by atoms with E-state index in [1.54, 1.807) is 65.8 Å². The lowest BCUT2D eigenvalue weighted by Crippen LogP contribution is -2.59. The molecule has 0 aliphatic carbocycles. The molecule has 4 amide bonds. The number of guanidine groups is 1. The molecule has 1 heterocycles. The Balaban J connectivity index is 2.13. The van der Waals surface area contributed by atoms with E-state index in [1.807, 2.05) is 43.3 Å². The van der Waals surface area contributed by atoms with Crippen LogP contribution in [0.25, 0.3) is 0 Å². The van der Waals surface area contributed by atoms with Gasteiger partial charge in [0.2, 0.25) is 17.6 Å². The molecule has 1 aliphatic rings. The Kier molecular flexibility index (Phi) is 13.5. The van der Waals surface area contributed by atoms with E-state index in [9.17, 15) is 24.0 Å². The van der Waals surface area contributed by atoms with Crippen molar-refractivity contribution in [3.63, 3.8) is 0 Å². The van der Waals surface area contributed by atoms with E-state index in [0.717, 1.165) is 0 Å². The van der Waals surface area contributed by atoms with Gasteiger partial charge in [-0.15, -0.1) is 0 Å². The van der Waals surface area contributed by atoms with Crippen molar-refractivity contribution in [2.45, 2.75) is 97.3 Å². The normalized spacial score (nSPS) is 17.2. The second-order valence-corrected chi connectivity index (χ2v) is 13.4. The standard InChI is InChI=1S/C36H47N5O9/c1-9-20-37-30(43)29-27(38-22(2)42)25(39-32(40-33(45)49-35(3,4)5)41-34(46)50-36(6,7)8)21-26(47-29)31(44)48-28(23-16-12-10-13-17-23)24-18-14-11-15-19-24/h10-19,21,25,27-29H,9,20H2,1-8H3,(H,37,43)(H,38,42)(H2,39,40,41,45,46)/t25-,27+,29+/m0/s1. The quantitative estimate of drug-likeness (QED) is 0.128. The van der Waals surface area contributed by atoms with Crippen LogP contribution in [0.3, 0.4) is 0 Å². The van der Waals surface area contributed by atoms with Crippen molar-refractivity contribution in [1.82, 2.24) is 21.3 Å². The predicted octanol–water partition coefficient (Wildman–Crippen LogP) is 4.41. The smallest absolute Gasteiger partial charge is 0.414 e. The number of nitrogens with zero attached hydrogens (tertiary/aromatic N) is 1. The van der Waals surface area contributed by atoms with Crippen LogP contribution in [-0.4, -0.2) is 71.9 Å². The molecule has 0 bridgehead atoms. The number of alkyl carbamates (subject to hydrolysis) is 2. The fourth-order valence-corrected chi connectivity index (χ4v) is 4.68. The number of carbonyl (C=O) groups excluding carboxylic acids is 5. The molecule has 2 aromatic rings. The van der Waals surface area contributed by atoms with Gasteiger partial charge in [0.1, 0.15) is 23.3 Å². The Bertz CT molecular complexity index is 1490. The van der Waals surface area contributed by atoms with Crippen molar-refractivity contribution in [3.05, 3.63) is 83.6 Å². The Morgan fingerprint density at radius 3 is 1.76 bits per heavy atom. The summed E-state index contributed by atoms with van der Waals surface area (Å²) in [5.74, 6) is -2.95. The highest BCUT2D eigenvalue weighted by molar-refractivity contribution is 6.01. The molecular formula is C36H47N5O9. The molecule has 0 fully saturated rings. The van der Waals surface area contributed by atoms with Gasteiger partial charge in [-0.3, -0.25) is 20.2 Å². The maximum absolute atomic E-state index is 13.9. The van der Waals surface area contributed by atoms with Gasteiger partial charge in [-0.25, -0.2) is 19.4 Å². The van der Waals surface area contributed by atoms with Crippen LogP contribution in [0.4, 0.5) is 9.59 Å². The van der Waals surface area contributed by atoms with Crippen molar-refractivity contribution in [2.24, 2.45) is 4.99 Å². The topological polar surface area (TPSA) is 183 Å². The molecule has 14 nitrogen and oxygen atoms in total. The summed E-state index contributed by atoms with van der Waals surface area (Å²) in [5.41, 5.74) is -0.467. The summed E-state index contributed by atoms with van der Waals surface area (Å²) in [6.07, 6.45) is -2.44. The fourth-order valence-electron chi connectivity index (χ4n) is 4.68. The minimum Gasteiger partial charge on any atom is -0.471 e. The predicted molar refractivity (Wildman–Crippen MR) is 185 cm³/mol. The van der Waals surface area contributed by atoms with Crippen LogP contribution in [0, 0.1) is 0 Å². The summed E-state index contributed by atoms with van der Waals surface area (Å²) in [6, 6.07) is 15.6. The maximum Gasteiger partial charge on any atom is 0.414 e. The van der Waals surface area contributed by atoms with Gasteiger partial charge in [0.15, 0.2) is 12.2 Å². The van der Waals surface area contributed by atoms with Gasteiger partial charge in [-0.1, -0.05) is 67.6 Å². The first kappa shape index (κ1) is 39.0. The third kappa shape index (κ3) is 12.6. The third-order valence-electron chi connectivity index (χ3n) is 6.60. The highest BCUT2D eigenvalue weighted by Crippen LogP contribution is 2.29. The molecule has 4 N–H and O–H groups in total. The highest BCUT2D eigenvalue weighted by Gasteiger charge is 2.43. The number of nitrogens with one attached hydrogen (secondary N) is 4. The van der Waals surface area contributed by atoms with Gasteiger partial charge in [0, 0.05) is 13.5 Å². The average molecular weight is 694 g/mol. The van der Waals surface area contributed by atoms with Crippen LogP contribution in [0.5, 0.6) is 0 Å². The van der Waals surface area contributed by atoms with Crippen molar-refractivity contribution in [2.75, 3.05) is 6.54 Å². The van der Waals surface area contributed by atoms with E-state index in [4.69, 9.17) is 18.9 Å². The number of benzene rings is 2. The molecule has 0 spiro atoms. The van der Waals surface area contributed by atoms with Crippen LogP contribution in [0.15, 0.2) is 77.5 Å². The first-order valence-corrected chi connectivity index (χ1v) is 16.3. The minimum atomic E-state index is -1.48. The summed E-state index contributed by atoms with van der Waals surface area (Å²) in [5, 5.41) is 10.2. The zero-order chi connectivity index (χ0) is 37.1. The number of aliphatic imine (C=N–C) groups is 1.